The van der Waals surface area contributed by atoms with Crippen LogP contribution in [0.3, 0.4) is 0 Å². The lowest BCUT2D eigenvalue weighted by atomic mass is 9.93. The highest BCUT2D eigenvalue weighted by molar-refractivity contribution is 8.00. The van der Waals surface area contributed by atoms with Gasteiger partial charge in [0.05, 0.1) is 0 Å². The lowest BCUT2D eigenvalue weighted by Crippen LogP contribution is -2.69. The second kappa shape index (κ2) is 5.00. The fourth-order valence-electron chi connectivity index (χ4n) is 3.00. The molecule has 0 aliphatic carbocycles. The van der Waals surface area contributed by atoms with Crippen LogP contribution in [0.5, 0.6) is 0 Å². The van der Waals surface area contributed by atoms with Crippen LogP contribution in [0, 0.1) is 0 Å². The summed E-state index contributed by atoms with van der Waals surface area (Å²) >= 11 is 1.93. The molecule has 0 spiro atoms. The SMILES string of the molecule is CCC1C(=O)NC(C)(C)C(=O)N1CC1(C)CCCS1. The summed E-state index contributed by atoms with van der Waals surface area (Å²) in [5.74, 6) is 1.19. The second-order valence-corrected chi connectivity index (χ2v) is 8.06. The molecule has 2 atom stereocenters. The lowest BCUT2D eigenvalue weighted by molar-refractivity contribution is -0.154. The molecule has 0 bridgehead atoms. The predicted octanol–water partition coefficient (Wildman–Crippen LogP) is 1.79. The molecule has 1 N–H and O–H groups in total. The number of carbonyl (C=O) groups is 2. The molecular weight excluding hydrogens is 260 g/mol. The Hall–Kier alpha value is -0.710. The number of nitrogens with zero attached hydrogens (tertiary/aromatic N) is 1. The standard InChI is InChI=1S/C14H24N2O2S/c1-5-10-11(17)15-13(2,3)12(18)16(10)9-14(4)7-6-8-19-14/h10H,5-9H2,1-4H3,(H,15,17). The molecule has 0 aromatic carbocycles. The van der Waals surface area contributed by atoms with Crippen molar-refractivity contribution in [2.45, 2.75) is 63.3 Å². The zero-order valence-corrected chi connectivity index (χ0v) is 13.1. The van der Waals surface area contributed by atoms with E-state index >= 15 is 0 Å². The molecule has 0 saturated carbocycles. The molecule has 5 heteroatoms. The monoisotopic (exact) mass is 284 g/mol. The topological polar surface area (TPSA) is 49.4 Å². The van der Waals surface area contributed by atoms with Gasteiger partial charge in [-0.3, -0.25) is 9.59 Å². The van der Waals surface area contributed by atoms with Crippen LogP contribution in [-0.4, -0.2) is 45.3 Å². The van der Waals surface area contributed by atoms with E-state index in [9.17, 15) is 9.59 Å². The zero-order chi connectivity index (χ0) is 14.3. The third-order valence-electron chi connectivity index (χ3n) is 4.10. The molecule has 0 radical (unpaired) electrons. The smallest absolute Gasteiger partial charge is 0.248 e. The maximum Gasteiger partial charge on any atom is 0.248 e. The molecule has 2 fully saturated rings. The molecule has 4 nitrogen and oxygen atoms in total. The highest BCUT2D eigenvalue weighted by atomic mass is 32.2. The highest BCUT2D eigenvalue weighted by Crippen LogP contribution is 2.39. The van der Waals surface area contributed by atoms with Gasteiger partial charge in [0.25, 0.3) is 0 Å². The molecule has 108 valence electrons. The Kier molecular flexibility index (Phi) is 3.87. The van der Waals surface area contributed by atoms with Gasteiger partial charge in [0, 0.05) is 11.3 Å². The van der Waals surface area contributed by atoms with E-state index in [4.69, 9.17) is 0 Å². The van der Waals surface area contributed by atoms with Crippen molar-refractivity contribution in [2.75, 3.05) is 12.3 Å². The van der Waals surface area contributed by atoms with Crippen molar-refractivity contribution in [2.24, 2.45) is 0 Å². The average Bonchev–Trinajstić information content (AvgIpc) is 2.72. The van der Waals surface area contributed by atoms with E-state index < -0.39 is 5.54 Å². The molecule has 2 heterocycles. The number of amides is 2. The summed E-state index contributed by atoms with van der Waals surface area (Å²) < 4.78 is 0.108. The van der Waals surface area contributed by atoms with Gasteiger partial charge in [0.15, 0.2) is 0 Å². The Balaban J connectivity index is 2.22. The van der Waals surface area contributed by atoms with E-state index in [-0.39, 0.29) is 22.6 Å². The van der Waals surface area contributed by atoms with E-state index in [2.05, 4.69) is 12.2 Å². The number of hydrogen-bond acceptors (Lipinski definition) is 3. The Morgan fingerprint density at radius 2 is 2.05 bits per heavy atom. The van der Waals surface area contributed by atoms with Crippen LogP contribution in [0.25, 0.3) is 0 Å². The summed E-state index contributed by atoms with van der Waals surface area (Å²) in [6, 6.07) is -0.307. The van der Waals surface area contributed by atoms with Crippen molar-refractivity contribution in [3.8, 4) is 0 Å². The van der Waals surface area contributed by atoms with Gasteiger partial charge in [0.2, 0.25) is 11.8 Å². The number of hydrogen-bond donors (Lipinski definition) is 1. The molecule has 19 heavy (non-hydrogen) atoms. The molecule has 0 aromatic rings. The summed E-state index contributed by atoms with van der Waals surface area (Å²) in [5.41, 5.74) is -0.775. The fraction of sp³-hybridized carbons (Fsp3) is 0.857. The molecule has 0 aromatic heterocycles. The summed E-state index contributed by atoms with van der Waals surface area (Å²) in [6.45, 7) is 8.44. The Morgan fingerprint density at radius 1 is 1.37 bits per heavy atom. The maximum atomic E-state index is 12.6. The minimum absolute atomic E-state index is 0.0151. The Labute approximate surface area is 119 Å². The number of piperazine rings is 1. The van der Waals surface area contributed by atoms with Crippen molar-refractivity contribution >= 4 is 23.6 Å². The van der Waals surface area contributed by atoms with Gasteiger partial charge >= 0.3 is 0 Å². The molecular formula is C14H24N2O2S. The van der Waals surface area contributed by atoms with Crippen LogP contribution in [0.1, 0.15) is 47.0 Å². The lowest BCUT2D eigenvalue weighted by Gasteiger charge is -2.45. The Bertz CT molecular complexity index is 389. The summed E-state index contributed by atoms with van der Waals surface area (Å²) in [4.78, 5) is 26.6. The molecule has 2 rings (SSSR count). The first-order chi connectivity index (χ1) is 8.79. The molecule has 2 aliphatic heterocycles. The largest absolute Gasteiger partial charge is 0.340 e. The summed E-state index contributed by atoms with van der Waals surface area (Å²) in [7, 11) is 0. The predicted molar refractivity (Wildman–Crippen MR) is 78.1 cm³/mol. The first-order valence-corrected chi connectivity index (χ1v) is 8.05. The van der Waals surface area contributed by atoms with Gasteiger partial charge in [0.1, 0.15) is 11.6 Å². The van der Waals surface area contributed by atoms with Gasteiger partial charge in [-0.05, 0) is 45.8 Å². The van der Waals surface area contributed by atoms with Crippen LogP contribution in [0.2, 0.25) is 0 Å². The van der Waals surface area contributed by atoms with Gasteiger partial charge in [-0.15, -0.1) is 0 Å². The van der Waals surface area contributed by atoms with Crippen LogP contribution >= 0.6 is 11.8 Å². The van der Waals surface area contributed by atoms with Crippen LogP contribution in [-0.2, 0) is 9.59 Å². The van der Waals surface area contributed by atoms with Crippen molar-refractivity contribution < 1.29 is 9.59 Å². The highest BCUT2D eigenvalue weighted by Gasteiger charge is 2.47. The van der Waals surface area contributed by atoms with E-state index in [1.54, 1.807) is 13.8 Å². The summed E-state index contributed by atoms with van der Waals surface area (Å²) in [6.07, 6.45) is 3.00. The van der Waals surface area contributed by atoms with Crippen LogP contribution in [0.4, 0.5) is 0 Å². The first-order valence-electron chi connectivity index (χ1n) is 7.06. The molecule has 2 unspecified atom stereocenters. The fourth-order valence-corrected chi connectivity index (χ4v) is 4.30. The minimum Gasteiger partial charge on any atom is -0.340 e. The number of carbonyl (C=O) groups excluding carboxylic acids is 2. The van der Waals surface area contributed by atoms with E-state index in [1.165, 1.54) is 6.42 Å². The average molecular weight is 284 g/mol. The van der Waals surface area contributed by atoms with E-state index in [0.29, 0.717) is 13.0 Å². The van der Waals surface area contributed by atoms with E-state index in [0.717, 1.165) is 12.2 Å². The van der Waals surface area contributed by atoms with Crippen molar-refractivity contribution in [3.63, 3.8) is 0 Å². The van der Waals surface area contributed by atoms with Crippen LogP contribution < -0.4 is 5.32 Å². The zero-order valence-electron chi connectivity index (χ0n) is 12.3. The maximum absolute atomic E-state index is 12.6. The molecule has 2 amide bonds. The first kappa shape index (κ1) is 14.7. The van der Waals surface area contributed by atoms with E-state index in [1.807, 2.05) is 23.6 Å². The van der Waals surface area contributed by atoms with Gasteiger partial charge in [-0.2, -0.15) is 11.8 Å². The van der Waals surface area contributed by atoms with Crippen molar-refractivity contribution in [1.82, 2.24) is 10.2 Å². The van der Waals surface area contributed by atoms with Crippen LogP contribution in [0.15, 0.2) is 0 Å². The Morgan fingerprint density at radius 3 is 2.58 bits per heavy atom. The quantitative estimate of drug-likeness (QED) is 0.859. The second-order valence-electron chi connectivity index (χ2n) is 6.37. The normalized spacial score (nSPS) is 34.5. The third kappa shape index (κ3) is 2.76. The van der Waals surface area contributed by atoms with Gasteiger partial charge < -0.3 is 10.2 Å². The molecule has 2 saturated heterocycles. The van der Waals surface area contributed by atoms with Gasteiger partial charge in [-0.25, -0.2) is 0 Å². The third-order valence-corrected chi connectivity index (χ3v) is 5.63. The summed E-state index contributed by atoms with van der Waals surface area (Å²) in [5, 5.41) is 2.84. The van der Waals surface area contributed by atoms with Gasteiger partial charge in [-0.1, -0.05) is 6.92 Å². The number of rotatable bonds is 3. The minimum atomic E-state index is -0.775. The number of thioether (sulfide) groups is 1. The van der Waals surface area contributed by atoms with Crippen molar-refractivity contribution in [1.29, 1.82) is 0 Å². The van der Waals surface area contributed by atoms with Crippen molar-refractivity contribution in [3.05, 3.63) is 0 Å². The molecule has 2 aliphatic rings. The number of nitrogens with one attached hydrogen (secondary N) is 1.